The molecular weight excluding hydrogens is 284 g/mol. The standard InChI is InChI=1S/C16H18N2O4/c1-12-9-15(17-22-12)16(19)18-7-8-20-11-14(10-18)21-13-5-3-2-4-6-13/h2-6,9,14H,7-8,10-11H2,1H3/t14-/m1/s1. The average Bonchev–Trinajstić information content (AvgIpc) is 2.83. The van der Waals surface area contributed by atoms with Gasteiger partial charge in [-0.05, 0) is 19.1 Å². The zero-order valence-electron chi connectivity index (χ0n) is 12.4. The van der Waals surface area contributed by atoms with Gasteiger partial charge in [0.2, 0.25) is 0 Å². The van der Waals surface area contributed by atoms with Crippen molar-refractivity contribution in [2.24, 2.45) is 0 Å². The zero-order chi connectivity index (χ0) is 15.4. The first-order valence-corrected chi connectivity index (χ1v) is 7.24. The molecule has 0 radical (unpaired) electrons. The summed E-state index contributed by atoms with van der Waals surface area (Å²) in [7, 11) is 0. The molecule has 22 heavy (non-hydrogen) atoms. The van der Waals surface area contributed by atoms with E-state index in [1.807, 2.05) is 30.3 Å². The number of aryl methyl sites for hydroxylation is 1. The molecule has 0 saturated carbocycles. The number of benzene rings is 1. The van der Waals surface area contributed by atoms with Crippen LogP contribution in [-0.4, -0.2) is 48.4 Å². The van der Waals surface area contributed by atoms with E-state index in [2.05, 4.69) is 5.16 Å². The summed E-state index contributed by atoms with van der Waals surface area (Å²) in [5, 5.41) is 3.78. The van der Waals surface area contributed by atoms with E-state index in [4.69, 9.17) is 14.0 Å². The van der Waals surface area contributed by atoms with Gasteiger partial charge < -0.3 is 18.9 Å². The molecule has 1 aromatic heterocycles. The van der Waals surface area contributed by atoms with Gasteiger partial charge in [-0.25, -0.2) is 0 Å². The second kappa shape index (κ2) is 6.62. The topological polar surface area (TPSA) is 64.8 Å². The molecule has 1 saturated heterocycles. The number of hydrogen-bond donors (Lipinski definition) is 0. The maximum absolute atomic E-state index is 12.5. The summed E-state index contributed by atoms with van der Waals surface area (Å²) < 4.78 is 16.4. The summed E-state index contributed by atoms with van der Waals surface area (Å²) in [5.74, 6) is 1.22. The SMILES string of the molecule is Cc1cc(C(=O)N2CCOC[C@H](Oc3ccccc3)C2)no1. The van der Waals surface area contributed by atoms with Crippen LogP contribution in [0.1, 0.15) is 16.2 Å². The average molecular weight is 302 g/mol. The molecule has 3 rings (SSSR count). The Bertz CT molecular complexity index is 626. The van der Waals surface area contributed by atoms with Crippen molar-refractivity contribution in [1.29, 1.82) is 0 Å². The second-order valence-electron chi connectivity index (χ2n) is 5.20. The number of para-hydroxylation sites is 1. The van der Waals surface area contributed by atoms with Gasteiger partial charge in [0.15, 0.2) is 5.69 Å². The van der Waals surface area contributed by atoms with Crippen LogP contribution in [0.15, 0.2) is 40.9 Å². The number of amides is 1. The number of rotatable bonds is 3. The van der Waals surface area contributed by atoms with Gasteiger partial charge in [0.1, 0.15) is 17.6 Å². The quantitative estimate of drug-likeness (QED) is 0.866. The number of ether oxygens (including phenoxy) is 2. The van der Waals surface area contributed by atoms with Gasteiger partial charge in [0, 0.05) is 12.6 Å². The lowest BCUT2D eigenvalue weighted by molar-refractivity contribution is 0.0646. The van der Waals surface area contributed by atoms with Crippen LogP contribution in [-0.2, 0) is 4.74 Å². The van der Waals surface area contributed by atoms with Crippen LogP contribution in [0.5, 0.6) is 5.75 Å². The Morgan fingerprint density at radius 3 is 2.91 bits per heavy atom. The molecule has 1 aliphatic heterocycles. The van der Waals surface area contributed by atoms with E-state index < -0.39 is 0 Å². The summed E-state index contributed by atoms with van der Waals surface area (Å²) in [6.45, 7) is 3.67. The largest absolute Gasteiger partial charge is 0.486 e. The Balaban J connectivity index is 1.68. The number of aromatic nitrogens is 1. The third kappa shape index (κ3) is 3.46. The normalized spacial score (nSPS) is 18.8. The van der Waals surface area contributed by atoms with E-state index in [1.165, 1.54) is 0 Å². The predicted molar refractivity (Wildman–Crippen MR) is 78.8 cm³/mol. The van der Waals surface area contributed by atoms with Crippen LogP contribution >= 0.6 is 0 Å². The number of nitrogens with zero attached hydrogens (tertiary/aromatic N) is 2. The van der Waals surface area contributed by atoms with Crippen LogP contribution < -0.4 is 4.74 Å². The summed E-state index contributed by atoms with van der Waals surface area (Å²) in [6, 6.07) is 11.2. The van der Waals surface area contributed by atoms with Crippen LogP contribution in [0.2, 0.25) is 0 Å². The Labute approximate surface area is 128 Å². The van der Waals surface area contributed by atoms with Crippen molar-refractivity contribution in [3.63, 3.8) is 0 Å². The molecule has 1 aliphatic rings. The van der Waals surface area contributed by atoms with Crippen molar-refractivity contribution in [2.75, 3.05) is 26.3 Å². The number of carbonyl (C=O) groups excluding carboxylic acids is 1. The maximum atomic E-state index is 12.5. The van der Waals surface area contributed by atoms with Gasteiger partial charge in [-0.2, -0.15) is 0 Å². The zero-order valence-corrected chi connectivity index (χ0v) is 12.4. The fourth-order valence-electron chi connectivity index (χ4n) is 2.36. The van der Waals surface area contributed by atoms with Crippen LogP contribution in [0.25, 0.3) is 0 Å². The molecule has 1 fully saturated rings. The van der Waals surface area contributed by atoms with Crippen molar-refractivity contribution >= 4 is 5.91 Å². The molecule has 1 atom stereocenters. The molecule has 0 bridgehead atoms. The molecule has 1 aromatic carbocycles. The van der Waals surface area contributed by atoms with E-state index in [1.54, 1.807) is 17.9 Å². The van der Waals surface area contributed by atoms with Gasteiger partial charge in [-0.3, -0.25) is 4.79 Å². The summed E-state index contributed by atoms with van der Waals surface area (Å²) in [4.78, 5) is 14.1. The molecule has 6 heteroatoms. The molecule has 0 spiro atoms. The lowest BCUT2D eigenvalue weighted by Gasteiger charge is -2.23. The van der Waals surface area contributed by atoms with Crippen LogP contribution in [0.3, 0.4) is 0 Å². The van der Waals surface area contributed by atoms with Crippen molar-refractivity contribution in [3.8, 4) is 5.75 Å². The molecule has 6 nitrogen and oxygen atoms in total. The highest BCUT2D eigenvalue weighted by Gasteiger charge is 2.26. The Morgan fingerprint density at radius 1 is 1.36 bits per heavy atom. The molecule has 2 heterocycles. The van der Waals surface area contributed by atoms with Crippen LogP contribution in [0.4, 0.5) is 0 Å². The highest BCUT2D eigenvalue weighted by Crippen LogP contribution is 2.15. The van der Waals surface area contributed by atoms with Gasteiger partial charge in [-0.15, -0.1) is 0 Å². The van der Waals surface area contributed by atoms with E-state index >= 15 is 0 Å². The third-order valence-electron chi connectivity index (χ3n) is 3.41. The first-order chi connectivity index (χ1) is 10.7. The highest BCUT2D eigenvalue weighted by atomic mass is 16.5. The Kier molecular flexibility index (Phi) is 4.39. The van der Waals surface area contributed by atoms with E-state index in [0.29, 0.717) is 37.8 Å². The van der Waals surface area contributed by atoms with Crippen molar-refractivity contribution < 1.29 is 18.8 Å². The summed E-state index contributed by atoms with van der Waals surface area (Å²) in [5.41, 5.74) is 0.317. The van der Waals surface area contributed by atoms with Gasteiger partial charge in [0.05, 0.1) is 19.8 Å². The summed E-state index contributed by atoms with van der Waals surface area (Å²) in [6.07, 6.45) is -0.207. The summed E-state index contributed by atoms with van der Waals surface area (Å²) >= 11 is 0. The number of carbonyl (C=O) groups is 1. The Hall–Kier alpha value is -2.34. The highest BCUT2D eigenvalue weighted by molar-refractivity contribution is 5.92. The van der Waals surface area contributed by atoms with Gasteiger partial charge in [-0.1, -0.05) is 23.4 Å². The minimum Gasteiger partial charge on any atom is -0.486 e. The smallest absolute Gasteiger partial charge is 0.276 e. The molecular formula is C16H18N2O4. The first-order valence-electron chi connectivity index (χ1n) is 7.24. The number of hydrogen-bond acceptors (Lipinski definition) is 5. The predicted octanol–water partition coefficient (Wildman–Crippen LogP) is 1.90. The third-order valence-corrected chi connectivity index (χ3v) is 3.41. The minimum atomic E-state index is -0.207. The van der Waals surface area contributed by atoms with Crippen molar-refractivity contribution in [2.45, 2.75) is 13.0 Å². The lowest BCUT2D eigenvalue weighted by atomic mass is 10.3. The lowest BCUT2D eigenvalue weighted by Crippen LogP contribution is -2.40. The van der Waals surface area contributed by atoms with E-state index in [0.717, 1.165) is 5.75 Å². The molecule has 116 valence electrons. The van der Waals surface area contributed by atoms with E-state index in [9.17, 15) is 4.79 Å². The first kappa shape index (κ1) is 14.6. The molecule has 0 aliphatic carbocycles. The maximum Gasteiger partial charge on any atom is 0.276 e. The monoisotopic (exact) mass is 302 g/mol. The fourth-order valence-corrected chi connectivity index (χ4v) is 2.36. The van der Waals surface area contributed by atoms with E-state index in [-0.39, 0.29) is 12.0 Å². The molecule has 1 amide bonds. The van der Waals surface area contributed by atoms with Gasteiger partial charge in [0.25, 0.3) is 5.91 Å². The molecule has 0 unspecified atom stereocenters. The van der Waals surface area contributed by atoms with Gasteiger partial charge >= 0.3 is 0 Å². The Morgan fingerprint density at radius 2 is 2.18 bits per heavy atom. The molecule has 0 N–H and O–H groups in total. The fraction of sp³-hybridized carbons (Fsp3) is 0.375. The van der Waals surface area contributed by atoms with Crippen LogP contribution in [0, 0.1) is 6.92 Å². The van der Waals surface area contributed by atoms with Crippen molar-refractivity contribution in [3.05, 3.63) is 47.9 Å². The second-order valence-corrected chi connectivity index (χ2v) is 5.20. The minimum absolute atomic E-state index is 0.163. The molecule has 2 aromatic rings. The van der Waals surface area contributed by atoms with Crippen molar-refractivity contribution in [1.82, 2.24) is 10.1 Å².